The number of rotatable bonds is 5. The molecule has 37 heavy (non-hydrogen) atoms. The molecule has 5 rings (SSSR count). The number of esters is 1. The summed E-state index contributed by atoms with van der Waals surface area (Å²) >= 11 is 0. The van der Waals surface area contributed by atoms with E-state index in [1.807, 2.05) is 0 Å². The van der Waals surface area contributed by atoms with Gasteiger partial charge in [-0.15, -0.1) is 0 Å². The molecule has 9 heteroatoms. The summed E-state index contributed by atoms with van der Waals surface area (Å²) in [6.45, 7) is 15.8. The van der Waals surface area contributed by atoms with E-state index in [4.69, 9.17) is 4.74 Å². The van der Waals surface area contributed by atoms with Gasteiger partial charge in [0.05, 0.1) is 0 Å². The van der Waals surface area contributed by atoms with Crippen molar-refractivity contribution in [2.75, 3.05) is 57.3 Å². The predicted octanol–water partition coefficient (Wildman–Crippen LogP) is 3.22. The van der Waals surface area contributed by atoms with Gasteiger partial charge in [-0.2, -0.15) is 9.78 Å². The molecule has 1 aromatic heterocycles. The van der Waals surface area contributed by atoms with Gasteiger partial charge in [-0.3, -0.25) is 9.80 Å². The van der Waals surface area contributed by atoms with Crippen LogP contribution >= 0.6 is 0 Å². The van der Waals surface area contributed by atoms with Crippen LogP contribution in [-0.4, -0.2) is 100 Å². The molecule has 0 atom stereocenters. The van der Waals surface area contributed by atoms with Crippen LogP contribution in [0.5, 0.6) is 0 Å². The van der Waals surface area contributed by atoms with Crippen molar-refractivity contribution in [2.24, 2.45) is 0 Å². The molecule has 3 heterocycles. The minimum atomic E-state index is -0.608. The van der Waals surface area contributed by atoms with Gasteiger partial charge in [-0.05, 0) is 63.8 Å². The van der Waals surface area contributed by atoms with Crippen LogP contribution in [0.15, 0.2) is 30.5 Å². The van der Waals surface area contributed by atoms with Crippen LogP contribution in [0.4, 0.5) is 10.5 Å². The summed E-state index contributed by atoms with van der Waals surface area (Å²) in [4.78, 5) is 34.7. The normalized spacial score (nSPS) is 19.8. The third-order valence-electron chi connectivity index (χ3n) is 7.39. The Morgan fingerprint density at radius 1 is 0.973 bits per heavy atom. The minimum Gasteiger partial charge on any atom is -0.455 e. The highest BCUT2D eigenvalue weighted by Crippen LogP contribution is 2.30. The average Bonchev–Trinajstić information content (AvgIpc) is 3.60. The first-order valence-corrected chi connectivity index (χ1v) is 13.6. The van der Waals surface area contributed by atoms with Crippen molar-refractivity contribution in [3.8, 4) is 0 Å². The van der Waals surface area contributed by atoms with E-state index in [1.165, 1.54) is 46.6 Å². The third kappa shape index (κ3) is 6.33. The van der Waals surface area contributed by atoms with E-state index in [0.29, 0.717) is 13.1 Å². The lowest BCUT2D eigenvalue weighted by Crippen LogP contribution is -2.50. The number of amides is 1. The number of benzene rings is 1. The lowest BCUT2D eigenvalue weighted by Gasteiger charge is -2.38. The first-order chi connectivity index (χ1) is 17.7. The lowest BCUT2D eigenvalue weighted by atomic mass is 10.1. The second-order valence-electron chi connectivity index (χ2n) is 11.6. The Hall–Kier alpha value is -2.91. The van der Waals surface area contributed by atoms with E-state index >= 15 is 0 Å². The molecule has 1 aliphatic carbocycles. The highest BCUT2D eigenvalue weighted by Gasteiger charge is 2.32. The molecular formula is C28H40N6O3. The van der Waals surface area contributed by atoms with E-state index in [9.17, 15) is 9.59 Å². The first-order valence-electron chi connectivity index (χ1n) is 13.6. The van der Waals surface area contributed by atoms with Gasteiger partial charge in [-0.25, -0.2) is 9.59 Å². The Morgan fingerprint density at radius 3 is 2.32 bits per heavy atom. The highest BCUT2D eigenvalue weighted by molar-refractivity contribution is 5.88. The Kier molecular flexibility index (Phi) is 7.27. The molecule has 3 aliphatic rings. The number of hydrogen-bond donors (Lipinski definition) is 0. The molecule has 1 aromatic carbocycles. The molecule has 9 nitrogen and oxygen atoms in total. The molecule has 2 saturated heterocycles. The maximum absolute atomic E-state index is 13.0. The van der Waals surface area contributed by atoms with E-state index in [1.54, 1.807) is 25.7 Å². The fourth-order valence-electron chi connectivity index (χ4n) is 5.22. The van der Waals surface area contributed by atoms with Gasteiger partial charge in [0.15, 0.2) is 5.69 Å². The quantitative estimate of drug-likeness (QED) is 0.574. The van der Waals surface area contributed by atoms with E-state index in [0.717, 1.165) is 51.9 Å². The van der Waals surface area contributed by atoms with Crippen molar-refractivity contribution in [3.05, 3.63) is 47.3 Å². The Balaban J connectivity index is 1.16. The van der Waals surface area contributed by atoms with Crippen LogP contribution in [0, 0.1) is 6.92 Å². The smallest absolute Gasteiger partial charge is 0.359 e. The number of anilines is 1. The molecule has 0 bridgehead atoms. The van der Waals surface area contributed by atoms with E-state index in [2.05, 4.69) is 44.9 Å². The first kappa shape index (κ1) is 25.7. The number of piperazine rings is 2. The van der Waals surface area contributed by atoms with E-state index < -0.39 is 11.6 Å². The summed E-state index contributed by atoms with van der Waals surface area (Å²) in [6, 6.07) is 8.98. The number of aryl methyl sites for hydroxylation is 1. The summed E-state index contributed by atoms with van der Waals surface area (Å²) < 4.78 is 6.60. The molecule has 1 saturated carbocycles. The lowest BCUT2D eigenvalue weighted by molar-refractivity contribution is 0.00623. The largest absolute Gasteiger partial charge is 0.455 e. The second kappa shape index (κ2) is 10.5. The monoisotopic (exact) mass is 508 g/mol. The number of nitrogens with zero attached hydrogens (tertiary/aromatic N) is 6. The molecular weight excluding hydrogens is 468 g/mol. The number of hydrogen-bond acceptors (Lipinski definition) is 7. The molecule has 3 fully saturated rings. The Labute approximate surface area is 219 Å². The molecule has 0 spiro atoms. The predicted molar refractivity (Wildman–Crippen MR) is 143 cm³/mol. The number of carbonyl (C=O) groups is 2. The number of aromatic nitrogens is 2. The van der Waals surface area contributed by atoms with Gasteiger partial charge >= 0.3 is 12.0 Å². The van der Waals surface area contributed by atoms with Gasteiger partial charge in [0.2, 0.25) is 0 Å². The molecule has 0 N–H and O–H groups in total. The van der Waals surface area contributed by atoms with Gasteiger partial charge in [0, 0.05) is 76.8 Å². The van der Waals surface area contributed by atoms with Crippen molar-refractivity contribution in [3.63, 3.8) is 0 Å². The van der Waals surface area contributed by atoms with Gasteiger partial charge in [-0.1, -0.05) is 12.1 Å². The second-order valence-corrected chi connectivity index (χ2v) is 11.6. The number of carbonyl (C=O) groups excluding carboxylic acids is 2. The summed E-state index contributed by atoms with van der Waals surface area (Å²) in [5, 5.41) is 4.18. The van der Waals surface area contributed by atoms with Crippen molar-refractivity contribution >= 4 is 17.7 Å². The Bertz CT molecular complexity index is 1120. The topological polar surface area (TPSA) is 74.1 Å². The van der Waals surface area contributed by atoms with Gasteiger partial charge in [0.25, 0.3) is 0 Å². The summed E-state index contributed by atoms with van der Waals surface area (Å²) in [5.41, 5.74) is 3.55. The van der Waals surface area contributed by atoms with Gasteiger partial charge < -0.3 is 14.5 Å². The molecule has 1 amide bonds. The van der Waals surface area contributed by atoms with E-state index in [-0.39, 0.29) is 11.7 Å². The van der Waals surface area contributed by atoms with Crippen LogP contribution in [-0.2, 0) is 11.3 Å². The van der Waals surface area contributed by atoms with Crippen LogP contribution in [0.1, 0.15) is 55.2 Å². The zero-order valence-electron chi connectivity index (χ0n) is 22.7. The average molecular weight is 509 g/mol. The molecule has 200 valence electrons. The van der Waals surface area contributed by atoms with Gasteiger partial charge in [0.1, 0.15) is 5.60 Å². The maximum atomic E-state index is 13.0. The summed E-state index contributed by atoms with van der Waals surface area (Å²) in [7, 11) is 0. The molecule has 0 unspecified atom stereocenters. The zero-order valence-corrected chi connectivity index (χ0v) is 22.7. The maximum Gasteiger partial charge on any atom is 0.359 e. The van der Waals surface area contributed by atoms with Crippen molar-refractivity contribution in [2.45, 2.75) is 58.7 Å². The summed E-state index contributed by atoms with van der Waals surface area (Å²) in [5.74, 6) is -0.522. The van der Waals surface area contributed by atoms with Crippen LogP contribution < -0.4 is 4.90 Å². The van der Waals surface area contributed by atoms with Crippen molar-refractivity contribution in [1.82, 2.24) is 24.5 Å². The molecule has 2 aliphatic heterocycles. The van der Waals surface area contributed by atoms with Crippen molar-refractivity contribution in [1.29, 1.82) is 0 Å². The van der Waals surface area contributed by atoms with Crippen LogP contribution in [0.2, 0.25) is 0 Å². The molecule has 2 aromatic rings. The fraction of sp³-hybridized carbons (Fsp3) is 0.607. The molecule has 0 radical (unpaired) electrons. The highest BCUT2D eigenvalue weighted by atomic mass is 16.6. The standard InChI is InChI=1S/C28H40N6O3/c1-21-5-6-22(25(19-21)32-17-15-31(16-18-32)23-7-8-23)20-30-11-13-33(14-12-30)27(36)34-10-9-24(29-34)26(35)37-28(2,3)4/h5-6,9-10,19,23H,7-8,11-18,20H2,1-4H3. The number of ether oxygens (including phenoxy) is 1. The zero-order chi connectivity index (χ0) is 26.2. The van der Waals surface area contributed by atoms with Crippen molar-refractivity contribution < 1.29 is 14.3 Å². The minimum absolute atomic E-state index is 0.145. The third-order valence-corrected chi connectivity index (χ3v) is 7.39. The Morgan fingerprint density at radius 2 is 1.68 bits per heavy atom. The SMILES string of the molecule is Cc1ccc(CN2CCN(C(=O)n3ccc(C(=O)OC(C)(C)C)n3)CC2)c(N2CCN(C3CC3)CC2)c1. The van der Waals surface area contributed by atoms with Crippen LogP contribution in [0.3, 0.4) is 0 Å². The fourth-order valence-corrected chi connectivity index (χ4v) is 5.22. The van der Waals surface area contributed by atoms with Crippen LogP contribution in [0.25, 0.3) is 0 Å². The summed E-state index contributed by atoms with van der Waals surface area (Å²) in [6.07, 6.45) is 4.28.